The van der Waals surface area contributed by atoms with Crippen molar-refractivity contribution in [3.63, 3.8) is 0 Å². The predicted molar refractivity (Wildman–Crippen MR) is 119 cm³/mol. The van der Waals surface area contributed by atoms with E-state index in [0.29, 0.717) is 5.69 Å². The van der Waals surface area contributed by atoms with Gasteiger partial charge in [0.15, 0.2) is 11.9 Å². The van der Waals surface area contributed by atoms with Gasteiger partial charge in [0, 0.05) is 29.6 Å². The summed E-state index contributed by atoms with van der Waals surface area (Å²) in [7, 11) is 0. The highest BCUT2D eigenvalue weighted by Crippen LogP contribution is 2.31. The molecule has 0 aliphatic carbocycles. The smallest absolute Gasteiger partial charge is 0.188 e. The molecule has 2 aromatic carbocycles. The number of para-hydroxylation sites is 1. The van der Waals surface area contributed by atoms with Crippen molar-refractivity contribution < 1.29 is 4.58 Å². The van der Waals surface area contributed by atoms with Crippen molar-refractivity contribution in [3.05, 3.63) is 71.2 Å². The maximum atomic E-state index is 7.44. The Balaban J connectivity index is 2.21. The van der Waals surface area contributed by atoms with E-state index in [1.807, 2.05) is 18.2 Å². The molecule has 3 heteroatoms. The number of unbranched alkanes of at least 4 members (excludes halogenated alkanes) is 2. The van der Waals surface area contributed by atoms with Crippen molar-refractivity contribution in [2.45, 2.75) is 46.5 Å². The molecule has 0 aliphatic rings. The molecular weight excluding hydrogens is 342 g/mol. The molecule has 0 saturated heterocycles. The molecule has 0 unspecified atom stereocenters. The summed E-state index contributed by atoms with van der Waals surface area (Å²) in [6.45, 7) is 16.3. The lowest BCUT2D eigenvalue weighted by molar-refractivity contribution is -0.524. The van der Waals surface area contributed by atoms with E-state index in [1.54, 1.807) is 0 Å². The number of nitrogens with zero attached hydrogens (tertiary/aromatic N) is 3. The van der Waals surface area contributed by atoms with E-state index in [4.69, 9.17) is 6.57 Å². The van der Waals surface area contributed by atoms with Gasteiger partial charge in [-0.05, 0) is 31.2 Å². The second-order valence-corrected chi connectivity index (χ2v) is 7.36. The SMILES string of the molecule is [C-]#[N+]c1ccc2c(c1)c(C=[N+](CCCC)CCCC)c(C)n2-c1ccccc1. The van der Waals surface area contributed by atoms with E-state index in [0.717, 1.165) is 29.7 Å². The van der Waals surface area contributed by atoms with E-state index >= 15 is 0 Å². The van der Waals surface area contributed by atoms with E-state index in [2.05, 4.69) is 71.3 Å². The minimum absolute atomic E-state index is 0.695. The first kappa shape index (κ1) is 19.9. The zero-order valence-electron chi connectivity index (χ0n) is 17.3. The minimum atomic E-state index is 0.695. The molecule has 3 nitrogen and oxygen atoms in total. The van der Waals surface area contributed by atoms with Crippen LogP contribution in [0.2, 0.25) is 0 Å². The first-order valence-electron chi connectivity index (χ1n) is 10.4. The zero-order chi connectivity index (χ0) is 19.9. The van der Waals surface area contributed by atoms with Crippen molar-refractivity contribution in [2.24, 2.45) is 0 Å². The van der Waals surface area contributed by atoms with E-state index < -0.39 is 0 Å². The van der Waals surface area contributed by atoms with E-state index in [1.165, 1.54) is 36.9 Å². The van der Waals surface area contributed by atoms with Crippen LogP contribution in [0.15, 0.2) is 48.5 Å². The van der Waals surface area contributed by atoms with Crippen LogP contribution in [-0.2, 0) is 0 Å². The molecule has 0 saturated carbocycles. The number of hydrogen-bond acceptors (Lipinski definition) is 0. The molecule has 0 bridgehead atoms. The Morgan fingerprint density at radius 2 is 1.68 bits per heavy atom. The van der Waals surface area contributed by atoms with Crippen molar-refractivity contribution in [2.75, 3.05) is 13.1 Å². The van der Waals surface area contributed by atoms with Gasteiger partial charge >= 0.3 is 0 Å². The Kier molecular flexibility index (Phi) is 6.66. The van der Waals surface area contributed by atoms with E-state index in [9.17, 15) is 0 Å². The lowest BCUT2D eigenvalue weighted by Gasteiger charge is -2.08. The largest absolute Gasteiger partial charge is 0.313 e. The van der Waals surface area contributed by atoms with Gasteiger partial charge in [-0.25, -0.2) is 9.42 Å². The average molecular weight is 373 g/mol. The molecule has 3 aromatic rings. The highest BCUT2D eigenvalue weighted by Gasteiger charge is 2.17. The van der Waals surface area contributed by atoms with Crippen molar-refractivity contribution >= 4 is 22.8 Å². The molecule has 0 aliphatic heterocycles. The quantitative estimate of drug-likeness (QED) is 0.242. The first-order chi connectivity index (χ1) is 13.7. The summed E-state index contributed by atoms with van der Waals surface area (Å²) in [5.41, 5.74) is 5.47. The molecular formula is C25H30N3+. The van der Waals surface area contributed by atoms with Gasteiger partial charge in [-0.15, -0.1) is 0 Å². The number of aromatic nitrogens is 1. The second-order valence-electron chi connectivity index (χ2n) is 7.36. The summed E-state index contributed by atoms with van der Waals surface area (Å²) in [6, 6.07) is 16.5. The maximum absolute atomic E-state index is 7.44. The summed E-state index contributed by atoms with van der Waals surface area (Å²) in [5, 5.41) is 1.16. The van der Waals surface area contributed by atoms with Gasteiger partial charge in [-0.3, -0.25) is 0 Å². The van der Waals surface area contributed by atoms with Crippen molar-refractivity contribution in [1.82, 2.24) is 4.57 Å². The fraction of sp³-hybridized carbons (Fsp3) is 0.360. The van der Waals surface area contributed by atoms with Gasteiger partial charge in [0.25, 0.3) is 0 Å². The van der Waals surface area contributed by atoms with Crippen LogP contribution < -0.4 is 0 Å². The molecule has 0 radical (unpaired) electrons. The Morgan fingerprint density at radius 1 is 1.00 bits per heavy atom. The van der Waals surface area contributed by atoms with Gasteiger partial charge in [0.2, 0.25) is 0 Å². The topological polar surface area (TPSA) is 12.3 Å². The van der Waals surface area contributed by atoms with Crippen LogP contribution in [0.3, 0.4) is 0 Å². The fourth-order valence-corrected chi connectivity index (χ4v) is 3.72. The molecule has 28 heavy (non-hydrogen) atoms. The molecule has 0 fully saturated rings. The average Bonchev–Trinajstić information content (AvgIpc) is 3.01. The normalized spacial score (nSPS) is 10.8. The highest BCUT2D eigenvalue weighted by atomic mass is 15.0. The molecule has 0 amide bonds. The molecule has 3 rings (SSSR count). The summed E-state index contributed by atoms with van der Waals surface area (Å²) < 4.78 is 4.78. The van der Waals surface area contributed by atoms with Gasteiger partial charge in [0.1, 0.15) is 13.1 Å². The van der Waals surface area contributed by atoms with Gasteiger partial charge in [-0.2, -0.15) is 0 Å². The van der Waals surface area contributed by atoms with Crippen LogP contribution >= 0.6 is 0 Å². The van der Waals surface area contributed by atoms with Gasteiger partial charge in [0.05, 0.1) is 17.7 Å². The third-order valence-corrected chi connectivity index (χ3v) is 5.29. The number of fused-ring (bicyclic) bond motifs is 1. The number of benzene rings is 2. The minimum Gasteiger partial charge on any atom is -0.313 e. The molecule has 0 N–H and O–H groups in total. The summed E-state index contributed by atoms with van der Waals surface area (Å²) >= 11 is 0. The van der Waals surface area contributed by atoms with Crippen LogP contribution in [-0.4, -0.2) is 28.4 Å². The number of rotatable bonds is 8. The third kappa shape index (κ3) is 4.17. The highest BCUT2D eigenvalue weighted by molar-refractivity contribution is 6.02. The molecule has 0 spiro atoms. The van der Waals surface area contributed by atoms with Crippen LogP contribution in [0.25, 0.3) is 21.4 Å². The summed E-state index contributed by atoms with van der Waals surface area (Å²) in [5.74, 6) is 0. The van der Waals surface area contributed by atoms with Gasteiger partial charge < -0.3 is 4.57 Å². The standard InChI is InChI=1S/C25H30N3/c1-5-7-16-27(17-8-6-2)19-24-20(3)28(22-12-10-9-11-13-22)25-15-14-21(26-4)18-23(24)25/h9-15,18-19H,5-8,16-17H2,1-3H3/q+1. The van der Waals surface area contributed by atoms with Crippen LogP contribution in [0.1, 0.15) is 50.8 Å². The zero-order valence-corrected chi connectivity index (χ0v) is 17.3. The lowest BCUT2D eigenvalue weighted by atomic mass is 10.1. The Labute approximate surface area is 168 Å². The van der Waals surface area contributed by atoms with Crippen LogP contribution in [0, 0.1) is 13.5 Å². The monoisotopic (exact) mass is 372 g/mol. The lowest BCUT2D eigenvalue weighted by Crippen LogP contribution is -2.17. The Hall–Kier alpha value is -2.86. The Bertz CT molecular complexity index is 994. The molecule has 0 atom stereocenters. The summed E-state index contributed by atoms with van der Waals surface area (Å²) in [6.07, 6.45) is 7.12. The van der Waals surface area contributed by atoms with E-state index in [-0.39, 0.29) is 0 Å². The Morgan fingerprint density at radius 3 is 2.29 bits per heavy atom. The third-order valence-electron chi connectivity index (χ3n) is 5.29. The van der Waals surface area contributed by atoms with Gasteiger partial charge in [-0.1, -0.05) is 51.0 Å². The first-order valence-corrected chi connectivity index (χ1v) is 10.4. The predicted octanol–water partition coefficient (Wildman–Crippen LogP) is 6.52. The summed E-state index contributed by atoms with van der Waals surface area (Å²) in [4.78, 5) is 3.67. The van der Waals surface area contributed by atoms with Crippen molar-refractivity contribution in [1.29, 1.82) is 0 Å². The number of hydrogen-bond donors (Lipinski definition) is 0. The maximum Gasteiger partial charge on any atom is 0.188 e. The van der Waals surface area contributed by atoms with Crippen LogP contribution in [0.5, 0.6) is 0 Å². The fourth-order valence-electron chi connectivity index (χ4n) is 3.72. The molecule has 144 valence electrons. The van der Waals surface area contributed by atoms with Crippen molar-refractivity contribution in [3.8, 4) is 5.69 Å². The second kappa shape index (κ2) is 9.37. The molecule has 1 heterocycles. The van der Waals surface area contributed by atoms with Crippen LogP contribution in [0.4, 0.5) is 5.69 Å². The molecule has 1 aromatic heterocycles.